The van der Waals surface area contributed by atoms with Crippen molar-refractivity contribution in [1.82, 2.24) is 0 Å². The molecule has 0 radical (unpaired) electrons. The predicted octanol–water partition coefficient (Wildman–Crippen LogP) is 19.0. The van der Waals surface area contributed by atoms with Gasteiger partial charge in [-0.3, -0.25) is 0 Å². The fraction of sp³-hybridized carbons (Fsp3) is 0.139. The maximum Gasteiger partial charge on any atom is 2.00 e. The van der Waals surface area contributed by atoms with E-state index in [4.69, 9.17) is 6.58 Å². The molecule has 11 heteroatoms. The van der Waals surface area contributed by atoms with Crippen LogP contribution in [0.1, 0.15) is 51.4 Å². The molecule has 0 nitrogen and oxygen atoms in total. The summed E-state index contributed by atoms with van der Waals surface area (Å²) in [6, 6.07) is 97.4. The van der Waals surface area contributed by atoms with Crippen molar-refractivity contribution >= 4 is 78.7 Å². The minimum atomic E-state index is -10.7. The summed E-state index contributed by atoms with van der Waals surface area (Å²) >= 11 is 0. The molecule has 9 aromatic carbocycles. The van der Waals surface area contributed by atoms with E-state index in [0.29, 0.717) is 0 Å². The van der Waals surface area contributed by atoms with Gasteiger partial charge in [-0.25, -0.2) is 6.58 Å². The van der Waals surface area contributed by atoms with Gasteiger partial charge in [0.25, 0.3) is 0 Å². The third-order valence-corrected chi connectivity index (χ3v) is 23.3. The summed E-state index contributed by atoms with van der Waals surface area (Å²) < 4.78 is 59.2. The van der Waals surface area contributed by atoms with Gasteiger partial charge in [-0.05, 0) is 109 Å². The molecular formula is C72H69F6P4Ru+. The Hall–Kier alpha value is -6.14. The van der Waals surface area contributed by atoms with E-state index in [1.165, 1.54) is 91.8 Å². The van der Waals surface area contributed by atoms with Crippen molar-refractivity contribution in [3.05, 3.63) is 321 Å². The summed E-state index contributed by atoms with van der Waals surface area (Å²) in [5.74, 6) is 1.80. The summed E-state index contributed by atoms with van der Waals surface area (Å²) in [6.07, 6.45) is 21.8. The van der Waals surface area contributed by atoms with Gasteiger partial charge in [0.2, 0.25) is 0 Å². The number of halogens is 6. The Morgan fingerprint density at radius 3 is 0.880 bits per heavy atom. The second kappa shape index (κ2) is 30.6. The van der Waals surface area contributed by atoms with Crippen LogP contribution in [0.5, 0.6) is 0 Å². The molecule has 0 aliphatic heterocycles. The Morgan fingerprint density at radius 2 is 0.614 bits per heavy atom. The Bertz CT molecular complexity index is 2980. The third kappa shape index (κ3) is 20.0. The third-order valence-electron chi connectivity index (χ3n) is 14.2. The molecular weight excluding hydrogens is 1200 g/mol. The molecule has 83 heavy (non-hydrogen) atoms. The number of benzene rings is 9. The molecule has 12 rings (SSSR count). The van der Waals surface area contributed by atoms with Crippen LogP contribution < -0.4 is 47.7 Å². The molecule has 2 atom stereocenters. The molecule has 0 bridgehead atoms. The minimum absolute atomic E-state index is 0. The summed E-state index contributed by atoms with van der Waals surface area (Å²) in [7, 11) is -13.7. The Labute approximate surface area is 504 Å². The van der Waals surface area contributed by atoms with Crippen LogP contribution in [-0.4, -0.2) is 0 Å². The van der Waals surface area contributed by atoms with Crippen molar-refractivity contribution in [1.29, 1.82) is 0 Å². The summed E-state index contributed by atoms with van der Waals surface area (Å²) in [4.78, 5) is 0. The largest absolute Gasteiger partial charge is 2.00 e. The first kappa shape index (κ1) is 64.4. The number of hydrogen-bond donors (Lipinski definition) is 0. The van der Waals surface area contributed by atoms with Crippen LogP contribution in [0.4, 0.5) is 25.2 Å². The van der Waals surface area contributed by atoms with E-state index in [2.05, 4.69) is 303 Å². The number of fused-ring (bicyclic) bond motifs is 1. The predicted molar refractivity (Wildman–Crippen MR) is 347 cm³/mol. The van der Waals surface area contributed by atoms with Crippen molar-refractivity contribution in [3.63, 3.8) is 0 Å². The SMILES string of the molecule is C1=CC2CCCC2C=C1.F[P-](F)(F)(F)(F)F.[CH-]=C(C1=CCCCCC1)[P+](c1ccccc1)(c1ccccc1)c1ccccc1.[Ru+2].c1ccc(P(c2ccccc2)c2ccccc2)cc1.c1ccc(P(c2ccccc2)c2ccccc2)cc1. The summed E-state index contributed by atoms with van der Waals surface area (Å²) in [6.45, 7) is 7.19. The maximum atomic E-state index is 9.87. The molecule has 1 saturated carbocycles. The molecule has 3 aliphatic rings. The van der Waals surface area contributed by atoms with Gasteiger partial charge in [0.15, 0.2) is 0 Å². The molecule has 0 saturated heterocycles. The molecule has 3 aliphatic carbocycles. The summed E-state index contributed by atoms with van der Waals surface area (Å²) in [5, 5.41) is 13.5. The summed E-state index contributed by atoms with van der Waals surface area (Å²) in [5.41, 5.74) is 1.36. The second-order valence-electron chi connectivity index (χ2n) is 20.1. The van der Waals surface area contributed by atoms with Gasteiger partial charge in [0.05, 0.1) is 0 Å². The zero-order valence-corrected chi connectivity index (χ0v) is 51.5. The van der Waals surface area contributed by atoms with Gasteiger partial charge in [-0.1, -0.05) is 305 Å². The van der Waals surface area contributed by atoms with E-state index in [1.807, 2.05) is 0 Å². The molecule has 1 fully saturated rings. The standard InChI is InChI=1S/C27H27P.2C18H15P.C9H12.F6P.Ru/c1-23(24-15-7-2-3-8-16-24)28(25-17-9-4-10-18-25,26-19-11-5-12-20-26)27-21-13-6-14-22-27;2*1-4-10-16(11-5-1)19(17-12-6-2-7-13-17)18-14-8-3-9-15-18;1-2-5-9-7-3-6-8(9)4-1;1-7(2,3,4,5)6;/h1,4-6,9-15,17-22H,2-3,7-8,16H2;2*1-15H;1-2,4-5,8-9H,3,6-7H2;;/q;;;;-1;+2. The van der Waals surface area contributed by atoms with E-state index in [1.54, 1.807) is 0 Å². The fourth-order valence-corrected chi connectivity index (χ4v) is 19.4. The van der Waals surface area contributed by atoms with Gasteiger partial charge in [-0.2, -0.15) is 11.6 Å². The van der Waals surface area contributed by atoms with E-state index < -0.39 is 30.9 Å². The molecule has 0 N–H and O–H groups in total. The van der Waals surface area contributed by atoms with Gasteiger partial charge in [0.1, 0.15) is 23.2 Å². The quantitative estimate of drug-likeness (QED) is 0.0524. The van der Waals surface area contributed by atoms with Gasteiger partial charge in [0, 0.05) is 0 Å². The van der Waals surface area contributed by atoms with Crippen molar-refractivity contribution in [2.75, 3.05) is 0 Å². The van der Waals surface area contributed by atoms with Crippen LogP contribution in [0.15, 0.2) is 314 Å². The zero-order chi connectivity index (χ0) is 57.6. The van der Waals surface area contributed by atoms with E-state index in [9.17, 15) is 25.2 Å². The van der Waals surface area contributed by atoms with Crippen molar-refractivity contribution in [2.24, 2.45) is 11.8 Å². The number of hydrogen-bond acceptors (Lipinski definition) is 0. The van der Waals surface area contributed by atoms with Gasteiger partial charge >= 0.3 is 52.5 Å². The van der Waals surface area contributed by atoms with Gasteiger partial charge in [-0.15, -0.1) is 0 Å². The molecule has 2 unspecified atom stereocenters. The number of allylic oxidation sites excluding steroid dienone is 7. The van der Waals surface area contributed by atoms with Crippen LogP contribution >= 0.6 is 30.9 Å². The van der Waals surface area contributed by atoms with Crippen LogP contribution in [0, 0.1) is 18.4 Å². The Kier molecular flexibility index (Phi) is 23.8. The monoisotopic (exact) mass is 1270 g/mol. The first-order chi connectivity index (χ1) is 39.6. The van der Waals surface area contributed by atoms with E-state index in [-0.39, 0.29) is 19.5 Å². The Morgan fingerprint density at radius 1 is 0.361 bits per heavy atom. The smallest absolute Gasteiger partial charge is 0.247 e. The molecule has 9 aromatic rings. The normalized spacial score (nSPS) is 16.0. The van der Waals surface area contributed by atoms with Crippen LogP contribution in [0.2, 0.25) is 0 Å². The average molecular weight is 1270 g/mol. The van der Waals surface area contributed by atoms with Gasteiger partial charge < -0.3 is 0 Å². The topological polar surface area (TPSA) is 0 Å². The number of rotatable bonds is 11. The van der Waals surface area contributed by atoms with E-state index >= 15 is 0 Å². The molecule has 426 valence electrons. The van der Waals surface area contributed by atoms with Crippen LogP contribution in [0.3, 0.4) is 0 Å². The van der Waals surface area contributed by atoms with E-state index in [0.717, 1.165) is 30.0 Å². The maximum absolute atomic E-state index is 10.7. The van der Waals surface area contributed by atoms with Crippen molar-refractivity contribution < 1.29 is 44.7 Å². The van der Waals surface area contributed by atoms with Crippen LogP contribution in [-0.2, 0) is 19.5 Å². The molecule has 0 amide bonds. The second-order valence-corrected chi connectivity index (χ2v) is 29.8. The Balaban J connectivity index is 0.000000160. The molecule has 0 aromatic heterocycles. The first-order valence-electron chi connectivity index (χ1n) is 27.9. The fourth-order valence-electron chi connectivity index (χ4n) is 10.5. The van der Waals surface area contributed by atoms with Crippen molar-refractivity contribution in [3.8, 4) is 0 Å². The molecule has 0 heterocycles. The minimum Gasteiger partial charge on any atom is -0.247 e. The first-order valence-corrected chi connectivity index (χ1v) is 34.4. The molecule has 0 spiro atoms. The van der Waals surface area contributed by atoms with Crippen LogP contribution in [0.25, 0.3) is 0 Å². The average Bonchev–Trinajstić information content (AvgIpc) is 2.64. The van der Waals surface area contributed by atoms with Crippen molar-refractivity contribution in [2.45, 2.75) is 51.4 Å². The zero-order valence-electron chi connectivity index (χ0n) is 46.2.